The maximum absolute atomic E-state index is 6.52. The molecular formula is C35H26N4OPt-2. The van der Waals surface area contributed by atoms with Crippen LogP contribution >= 0.6 is 0 Å². The van der Waals surface area contributed by atoms with Gasteiger partial charge in [0.05, 0.1) is 0 Å². The van der Waals surface area contributed by atoms with Crippen molar-refractivity contribution in [1.82, 2.24) is 19.6 Å². The maximum atomic E-state index is 6.52. The van der Waals surface area contributed by atoms with Crippen LogP contribution in [0.4, 0.5) is 0 Å². The molecule has 0 unspecified atom stereocenters. The summed E-state index contributed by atoms with van der Waals surface area (Å²) in [5.41, 5.74) is 6.35. The molecule has 6 heteroatoms. The Kier molecular flexibility index (Phi) is 4.68. The SMILES string of the molecule is CC1(C)c2[c-]c(ccc2)Oc2[c-]c(ccc2)C2(c3ccccc3-c3ccccc32)N2C=CN3CN4C=CN1[C]4=[Pt]=[C]32. The van der Waals surface area contributed by atoms with Crippen molar-refractivity contribution < 1.29 is 22.4 Å². The molecule has 0 aromatic heterocycles. The number of hydrogen-bond donors (Lipinski definition) is 0. The third-order valence-corrected chi connectivity index (χ3v) is 12.2. The fourth-order valence-corrected chi connectivity index (χ4v) is 10.4. The summed E-state index contributed by atoms with van der Waals surface area (Å²) in [6.07, 6.45) is 9.02. The number of ether oxygens (including phenoxy) is 1. The number of fused-ring (bicyclic) bond motifs is 11. The van der Waals surface area contributed by atoms with E-state index in [-0.39, 0.29) is 5.54 Å². The molecule has 4 aromatic rings. The van der Waals surface area contributed by atoms with Gasteiger partial charge in [-0.05, 0) is 0 Å². The molecule has 0 fully saturated rings. The summed E-state index contributed by atoms with van der Waals surface area (Å²) in [5.74, 6) is 1.39. The summed E-state index contributed by atoms with van der Waals surface area (Å²) in [4.78, 5) is 9.85. The van der Waals surface area contributed by atoms with Crippen molar-refractivity contribution in [2.45, 2.75) is 24.9 Å². The van der Waals surface area contributed by atoms with E-state index >= 15 is 0 Å². The molecule has 0 radical (unpaired) electrons. The van der Waals surface area contributed by atoms with Crippen molar-refractivity contribution in [2.75, 3.05) is 6.67 Å². The Morgan fingerprint density at radius 3 is 1.88 bits per heavy atom. The minimum atomic E-state index is -0.588. The average Bonchev–Trinajstić information content (AvgIpc) is 3.69. The van der Waals surface area contributed by atoms with Crippen molar-refractivity contribution in [2.24, 2.45) is 0 Å². The van der Waals surface area contributed by atoms with E-state index in [0.717, 1.165) is 17.8 Å². The van der Waals surface area contributed by atoms with Gasteiger partial charge in [-0.3, -0.25) is 0 Å². The molecule has 1 aliphatic carbocycles. The Morgan fingerprint density at radius 1 is 0.634 bits per heavy atom. The van der Waals surface area contributed by atoms with Gasteiger partial charge in [-0.25, -0.2) is 0 Å². The summed E-state index contributed by atoms with van der Waals surface area (Å²) < 4.78 is 9.25. The molecule has 4 aromatic carbocycles. The topological polar surface area (TPSA) is 22.2 Å². The number of nitrogens with zero attached hydrogens (tertiary/aromatic N) is 4. The zero-order valence-corrected chi connectivity index (χ0v) is 24.9. The van der Waals surface area contributed by atoms with Gasteiger partial charge >= 0.3 is 249 Å². The van der Waals surface area contributed by atoms with Gasteiger partial charge in [-0.15, -0.1) is 0 Å². The molecular weight excluding hydrogens is 687 g/mol. The second-order valence-electron chi connectivity index (χ2n) is 11.3. The first-order valence-corrected chi connectivity index (χ1v) is 16.1. The number of hydrogen-bond acceptors (Lipinski definition) is 5. The van der Waals surface area contributed by atoms with Crippen molar-refractivity contribution >= 4 is 8.29 Å². The van der Waals surface area contributed by atoms with Crippen LogP contribution in [-0.2, 0) is 28.7 Å². The summed E-state index contributed by atoms with van der Waals surface area (Å²) in [7, 11) is 0. The molecule has 6 bridgehead atoms. The van der Waals surface area contributed by atoms with Crippen molar-refractivity contribution in [3.8, 4) is 22.6 Å². The monoisotopic (exact) mass is 713 g/mol. The van der Waals surface area contributed by atoms with Crippen molar-refractivity contribution in [3.63, 3.8) is 0 Å². The van der Waals surface area contributed by atoms with Crippen LogP contribution < -0.4 is 4.74 Å². The first-order valence-electron chi connectivity index (χ1n) is 13.8. The Balaban J connectivity index is 1.41. The summed E-state index contributed by atoms with van der Waals surface area (Å²) in [5, 5.41) is 0. The molecule has 41 heavy (non-hydrogen) atoms. The zero-order valence-electron chi connectivity index (χ0n) is 22.6. The van der Waals surface area contributed by atoms with Crippen LogP contribution in [0.1, 0.15) is 36.1 Å². The van der Waals surface area contributed by atoms with Gasteiger partial charge in [0, 0.05) is 0 Å². The van der Waals surface area contributed by atoms with Crippen LogP contribution in [0.25, 0.3) is 11.1 Å². The van der Waals surface area contributed by atoms with Crippen LogP contribution in [-0.4, -0.2) is 34.6 Å². The van der Waals surface area contributed by atoms with E-state index in [4.69, 9.17) is 4.74 Å². The predicted molar refractivity (Wildman–Crippen MR) is 156 cm³/mol. The molecule has 9 rings (SSSR count). The van der Waals surface area contributed by atoms with E-state index in [1.54, 1.807) is 0 Å². The molecule has 5 aliphatic rings. The second kappa shape index (κ2) is 8.17. The average molecular weight is 714 g/mol. The number of benzene rings is 4. The van der Waals surface area contributed by atoms with E-state index in [2.05, 4.69) is 143 Å². The van der Waals surface area contributed by atoms with Gasteiger partial charge in [-0.1, -0.05) is 0 Å². The fourth-order valence-electron chi connectivity index (χ4n) is 6.76. The molecule has 0 saturated carbocycles. The minimum absolute atomic E-state index is 0.306. The van der Waals surface area contributed by atoms with Gasteiger partial charge in [0.1, 0.15) is 0 Å². The standard InChI is InChI=1S/C35H26N4O.Pt/c1-34(2)26-9-7-11-28(21-26)40-29-12-8-10-27(22-29)35(39-20-18-37(25-39)23-36-17-19-38(34)24-36)32-15-5-3-13-30(32)31-14-4-6-16-33(31)35;/h3-20H,23H2,1-2H3;/q-2;. The molecule has 1 spiro atoms. The van der Waals surface area contributed by atoms with Crippen LogP contribution in [0.5, 0.6) is 11.5 Å². The van der Waals surface area contributed by atoms with E-state index in [9.17, 15) is 0 Å². The van der Waals surface area contributed by atoms with Gasteiger partial charge in [0.25, 0.3) is 0 Å². The summed E-state index contributed by atoms with van der Waals surface area (Å²) >= 11 is -0.588. The second-order valence-corrected chi connectivity index (χ2v) is 13.9. The van der Waals surface area contributed by atoms with E-state index < -0.39 is 23.2 Å². The Hall–Kier alpha value is -4.21. The molecule has 0 saturated heterocycles. The first kappa shape index (κ1) is 23.5. The van der Waals surface area contributed by atoms with E-state index in [1.165, 1.54) is 30.5 Å². The molecule has 0 N–H and O–H groups in total. The first-order chi connectivity index (χ1) is 20.0. The van der Waals surface area contributed by atoms with Crippen LogP contribution in [0, 0.1) is 12.1 Å². The quantitative estimate of drug-likeness (QED) is 0.208. The molecule has 0 amide bonds. The Bertz CT molecular complexity index is 1870. The van der Waals surface area contributed by atoms with Crippen LogP contribution in [0.15, 0.2) is 110 Å². The van der Waals surface area contributed by atoms with Crippen molar-refractivity contribution in [1.29, 1.82) is 0 Å². The predicted octanol–water partition coefficient (Wildman–Crippen LogP) is 6.01. The number of rotatable bonds is 0. The normalized spacial score (nSPS) is 20.0. The molecule has 5 nitrogen and oxygen atoms in total. The van der Waals surface area contributed by atoms with E-state index in [0.29, 0.717) is 11.5 Å². The van der Waals surface area contributed by atoms with Crippen LogP contribution in [0.2, 0.25) is 0 Å². The summed E-state index contributed by atoms with van der Waals surface area (Å²) in [6.45, 7) is 5.34. The molecule has 204 valence electrons. The molecule has 4 heterocycles. The summed E-state index contributed by atoms with van der Waals surface area (Å²) in [6, 6.07) is 37.6. The fraction of sp³-hybridized carbons (Fsp3) is 0.143. The van der Waals surface area contributed by atoms with E-state index in [1.807, 2.05) is 12.1 Å². The van der Waals surface area contributed by atoms with Crippen molar-refractivity contribution in [3.05, 3.63) is 144 Å². The zero-order chi connectivity index (χ0) is 27.3. The molecule has 0 atom stereocenters. The van der Waals surface area contributed by atoms with Gasteiger partial charge in [-0.2, -0.15) is 0 Å². The third-order valence-electron chi connectivity index (χ3n) is 8.74. The van der Waals surface area contributed by atoms with Gasteiger partial charge < -0.3 is 0 Å². The third kappa shape index (κ3) is 3.05. The Morgan fingerprint density at radius 2 is 1.20 bits per heavy atom. The molecule has 4 aliphatic heterocycles. The van der Waals surface area contributed by atoms with Gasteiger partial charge in [0.2, 0.25) is 0 Å². The van der Waals surface area contributed by atoms with Gasteiger partial charge in [0.15, 0.2) is 0 Å². The van der Waals surface area contributed by atoms with Crippen LogP contribution in [0.3, 0.4) is 0 Å². The Labute approximate surface area is 247 Å².